The van der Waals surface area contributed by atoms with Gasteiger partial charge in [0.15, 0.2) is 12.1 Å². The number of hydrogen-bond acceptors (Lipinski definition) is 5. The zero-order valence-electron chi connectivity index (χ0n) is 9.84. The van der Waals surface area contributed by atoms with Gasteiger partial charge < -0.3 is 4.74 Å². The molecule has 3 nitrogen and oxygen atoms in total. The lowest BCUT2D eigenvalue weighted by Crippen LogP contribution is -2.05. The van der Waals surface area contributed by atoms with Crippen molar-refractivity contribution in [2.24, 2.45) is 0 Å². The van der Waals surface area contributed by atoms with E-state index in [2.05, 4.69) is 0 Å². The number of ketones is 1. The van der Waals surface area contributed by atoms with Gasteiger partial charge in [0, 0.05) is 17.1 Å². The molecule has 94 valence electrons. The van der Waals surface area contributed by atoms with E-state index in [1.54, 1.807) is 54.9 Å². The lowest BCUT2D eigenvalue weighted by Gasteiger charge is -2.04. The summed E-state index contributed by atoms with van der Waals surface area (Å²) >= 11 is 3.14. The number of carbonyl (C=O) groups is 2. The van der Waals surface area contributed by atoms with Gasteiger partial charge in [-0.1, -0.05) is 0 Å². The number of aldehydes is 1. The van der Waals surface area contributed by atoms with Crippen molar-refractivity contribution in [2.75, 3.05) is 18.6 Å². The summed E-state index contributed by atoms with van der Waals surface area (Å²) in [5.41, 5.74) is 0.783. The Morgan fingerprint density at radius 3 is 2.33 bits per heavy atom. The second kappa shape index (κ2) is 6.11. The number of allylic oxidation sites excluding steroid dienone is 1. The smallest absolute Gasteiger partial charge is 0.197 e. The Morgan fingerprint density at radius 1 is 1.22 bits per heavy atom. The van der Waals surface area contributed by atoms with Crippen LogP contribution in [0.2, 0.25) is 0 Å². The maximum Gasteiger partial charge on any atom is 0.197 e. The van der Waals surface area contributed by atoms with Gasteiger partial charge in [-0.05, 0) is 24.3 Å². The van der Waals surface area contributed by atoms with Crippen LogP contribution in [0.5, 0.6) is 5.75 Å². The predicted molar refractivity (Wildman–Crippen MR) is 75.3 cm³/mol. The minimum atomic E-state index is -0.218. The van der Waals surface area contributed by atoms with Crippen LogP contribution in [0.1, 0.15) is 10.4 Å². The van der Waals surface area contributed by atoms with Crippen LogP contribution in [0, 0.1) is 0 Å². The molecule has 0 amide bonds. The molecule has 5 heteroatoms. The zero-order valence-corrected chi connectivity index (χ0v) is 11.5. The molecule has 18 heavy (non-hydrogen) atoms. The quantitative estimate of drug-likeness (QED) is 0.279. The fourth-order valence-electron chi connectivity index (χ4n) is 1.56. The molecule has 2 rings (SSSR count). The maximum absolute atomic E-state index is 12.2. The van der Waals surface area contributed by atoms with Crippen molar-refractivity contribution in [3.8, 4) is 5.75 Å². The van der Waals surface area contributed by atoms with E-state index in [0.29, 0.717) is 17.6 Å². The standard InChI is InChI=1S/C13H12O3S2/c1-16-10-4-2-9(3-5-10)12(15)11(8-14)13-17-6-7-18-13/h2-5,8H,6-7H2,1H3. The molecule has 1 heterocycles. The molecule has 0 aliphatic carbocycles. The largest absolute Gasteiger partial charge is 0.497 e. The number of thioether (sulfide) groups is 2. The zero-order chi connectivity index (χ0) is 13.0. The summed E-state index contributed by atoms with van der Waals surface area (Å²) in [5, 5.41) is 0. The van der Waals surface area contributed by atoms with Crippen LogP contribution >= 0.6 is 23.5 Å². The topological polar surface area (TPSA) is 43.4 Å². The van der Waals surface area contributed by atoms with Gasteiger partial charge in [0.1, 0.15) is 5.75 Å². The molecule has 1 aliphatic heterocycles. The number of Topliss-reactive ketones (excluding diaryl/α,β-unsaturated/α-hetero) is 1. The molecule has 0 saturated carbocycles. The lowest BCUT2D eigenvalue weighted by molar-refractivity contribution is -0.104. The minimum Gasteiger partial charge on any atom is -0.497 e. The first-order chi connectivity index (χ1) is 8.76. The molecule has 0 atom stereocenters. The van der Waals surface area contributed by atoms with E-state index in [1.807, 2.05) is 0 Å². The van der Waals surface area contributed by atoms with Crippen LogP contribution < -0.4 is 4.74 Å². The molecule has 1 aliphatic rings. The maximum atomic E-state index is 12.2. The monoisotopic (exact) mass is 280 g/mol. The molecule has 1 saturated heterocycles. The number of benzene rings is 1. The highest BCUT2D eigenvalue weighted by atomic mass is 32.2. The average molecular weight is 280 g/mol. The van der Waals surface area contributed by atoms with Gasteiger partial charge in [-0.3, -0.25) is 9.59 Å². The highest BCUT2D eigenvalue weighted by Crippen LogP contribution is 2.38. The van der Waals surface area contributed by atoms with Crippen molar-refractivity contribution in [3.05, 3.63) is 39.6 Å². The third kappa shape index (κ3) is 2.79. The van der Waals surface area contributed by atoms with Crippen LogP contribution in [0.15, 0.2) is 34.1 Å². The van der Waals surface area contributed by atoms with Gasteiger partial charge in [0.25, 0.3) is 0 Å². The first-order valence-electron chi connectivity index (χ1n) is 5.40. The van der Waals surface area contributed by atoms with E-state index < -0.39 is 0 Å². The van der Waals surface area contributed by atoms with Crippen molar-refractivity contribution >= 4 is 35.6 Å². The molecule has 0 bridgehead atoms. The first-order valence-corrected chi connectivity index (χ1v) is 7.37. The van der Waals surface area contributed by atoms with Crippen LogP contribution in [0.3, 0.4) is 0 Å². The van der Waals surface area contributed by atoms with Crippen LogP contribution in [0.4, 0.5) is 0 Å². The number of methoxy groups -OCH3 is 1. The molecular formula is C13H12O3S2. The lowest BCUT2D eigenvalue weighted by atomic mass is 10.1. The Bertz CT molecular complexity index is 483. The van der Waals surface area contributed by atoms with Gasteiger partial charge >= 0.3 is 0 Å². The molecule has 0 spiro atoms. The normalized spacial score (nSPS) is 14.4. The van der Waals surface area contributed by atoms with E-state index in [1.165, 1.54) is 0 Å². The third-order valence-corrected chi connectivity index (χ3v) is 5.23. The van der Waals surface area contributed by atoms with E-state index in [9.17, 15) is 9.59 Å². The summed E-state index contributed by atoms with van der Waals surface area (Å²) in [6, 6.07) is 6.79. The fourth-order valence-corrected chi connectivity index (χ4v) is 4.02. The molecule has 0 radical (unpaired) electrons. The first kappa shape index (κ1) is 13.2. The summed E-state index contributed by atoms with van der Waals surface area (Å²) in [5.74, 6) is 2.38. The Labute approximate surface area is 114 Å². The fraction of sp³-hybridized carbons (Fsp3) is 0.231. The Kier molecular flexibility index (Phi) is 4.49. The number of rotatable bonds is 4. The number of ether oxygens (including phenoxy) is 1. The van der Waals surface area contributed by atoms with E-state index in [4.69, 9.17) is 4.74 Å². The predicted octanol–water partition coefficient (Wildman–Crippen LogP) is 2.77. The van der Waals surface area contributed by atoms with Gasteiger partial charge in [0.2, 0.25) is 0 Å². The van der Waals surface area contributed by atoms with Gasteiger partial charge in [0.05, 0.1) is 16.9 Å². The molecule has 1 fully saturated rings. The summed E-state index contributed by atoms with van der Waals surface area (Å²) in [7, 11) is 1.57. The minimum absolute atomic E-state index is 0.218. The summed E-state index contributed by atoms with van der Waals surface area (Å²) in [4.78, 5) is 23.3. The Balaban J connectivity index is 2.28. The molecule has 0 N–H and O–H groups in total. The molecule has 1 aromatic rings. The van der Waals surface area contributed by atoms with Gasteiger partial charge in [-0.15, -0.1) is 23.5 Å². The summed E-state index contributed by atoms with van der Waals surface area (Å²) in [6.07, 6.45) is 0.660. The van der Waals surface area contributed by atoms with E-state index in [-0.39, 0.29) is 11.4 Å². The molecule has 1 aromatic carbocycles. The van der Waals surface area contributed by atoms with Crippen LogP contribution in [-0.2, 0) is 4.79 Å². The van der Waals surface area contributed by atoms with Crippen molar-refractivity contribution < 1.29 is 14.3 Å². The van der Waals surface area contributed by atoms with Crippen molar-refractivity contribution in [1.29, 1.82) is 0 Å². The van der Waals surface area contributed by atoms with E-state index >= 15 is 0 Å². The number of carbonyl (C=O) groups excluding carboxylic acids is 2. The van der Waals surface area contributed by atoms with Crippen molar-refractivity contribution in [3.63, 3.8) is 0 Å². The highest BCUT2D eigenvalue weighted by Gasteiger charge is 2.20. The van der Waals surface area contributed by atoms with Gasteiger partial charge in [-0.2, -0.15) is 0 Å². The summed E-state index contributed by atoms with van der Waals surface area (Å²) in [6.45, 7) is 0. The molecule has 0 aromatic heterocycles. The van der Waals surface area contributed by atoms with Crippen LogP contribution in [-0.4, -0.2) is 30.7 Å². The average Bonchev–Trinajstić information content (AvgIpc) is 2.93. The Morgan fingerprint density at radius 2 is 1.83 bits per heavy atom. The van der Waals surface area contributed by atoms with Gasteiger partial charge in [-0.25, -0.2) is 0 Å². The van der Waals surface area contributed by atoms with Crippen LogP contribution in [0.25, 0.3) is 0 Å². The number of hydrogen-bond donors (Lipinski definition) is 0. The molecule has 0 unspecified atom stereocenters. The molecular weight excluding hydrogens is 268 g/mol. The van der Waals surface area contributed by atoms with Crippen molar-refractivity contribution in [1.82, 2.24) is 0 Å². The van der Waals surface area contributed by atoms with Crippen molar-refractivity contribution in [2.45, 2.75) is 0 Å². The SMILES string of the molecule is COc1ccc(C(=O)C(C=O)=C2SCCS2)cc1. The second-order valence-corrected chi connectivity index (χ2v) is 6.04. The Hall–Kier alpha value is -1.20. The third-order valence-electron chi connectivity index (χ3n) is 2.48. The highest BCUT2D eigenvalue weighted by molar-refractivity contribution is 8.25. The second-order valence-electron chi connectivity index (χ2n) is 3.57. The summed E-state index contributed by atoms with van der Waals surface area (Å²) < 4.78 is 5.87. The van der Waals surface area contributed by atoms with E-state index in [0.717, 1.165) is 15.7 Å².